The van der Waals surface area contributed by atoms with E-state index in [1.165, 1.54) is 11.3 Å². The molecular formula is C20H16BrN3O4S. The van der Waals surface area contributed by atoms with Crippen molar-refractivity contribution in [3.8, 4) is 11.5 Å². The Labute approximate surface area is 179 Å². The third kappa shape index (κ3) is 4.93. The van der Waals surface area contributed by atoms with Gasteiger partial charge in [-0.25, -0.2) is 4.98 Å². The van der Waals surface area contributed by atoms with Crippen molar-refractivity contribution in [3.05, 3.63) is 69.1 Å². The topological polar surface area (TPSA) is 89.6 Å². The normalized spacial score (nSPS) is 11.9. The molecule has 0 atom stereocenters. The third-order valence-corrected chi connectivity index (χ3v) is 5.58. The molecule has 0 unspecified atom stereocenters. The second kappa shape index (κ2) is 8.62. The number of nitrogens with one attached hydrogen (secondary N) is 2. The van der Waals surface area contributed by atoms with Gasteiger partial charge in [0, 0.05) is 27.5 Å². The van der Waals surface area contributed by atoms with Crippen molar-refractivity contribution < 1.29 is 19.1 Å². The molecule has 0 radical (unpaired) electrons. The predicted molar refractivity (Wildman–Crippen MR) is 113 cm³/mol. The molecule has 4 rings (SSSR count). The molecule has 7 nitrogen and oxygen atoms in total. The number of aromatic nitrogens is 1. The van der Waals surface area contributed by atoms with Crippen LogP contribution in [0.2, 0.25) is 0 Å². The van der Waals surface area contributed by atoms with E-state index in [1.807, 2.05) is 24.3 Å². The van der Waals surface area contributed by atoms with E-state index in [2.05, 4.69) is 31.5 Å². The summed E-state index contributed by atoms with van der Waals surface area (Å²) in [5.41, 5.74) is 1.55. The summed E-state index contributed by atoms with van der Waals surface area (Å²) in [5.74, 6) is 0.405. The van der Waals surface area contributed by atoms with E-state index in [0.29, 0.717) is 22.2 Å². The average Bonchev–Trinajstić information content (AvgIpc) is 3.36. The Kier molecular flexibility index (Phi) is 5.77. The van der Waals surface area contributed by atoms with E-state index in [-0.39, 0.29) is 25.2 Å². The molecule has 2 aromatic carbocycles. The van der Waals surface area contributed by atoms with Crippen molar-refractivity contribution in [1.29, 1.82) is 0 Å². The van der Waals surface area contributed by atoms with Crippen molar-refractivity contribution in [3.63, 3.8) is 0 Å². The number of carbonyl (C=O) groups excluding carboxylic acids is 2. The van der Waals surface area contributed by atoms with Crippen molar-refractivity contribution in [2.75, 3.05) is 18.7 Å². The smallest absolute Gasteiger partial charge is 0.251 e. The summed E-state index contributed by atoms with van der Waals surface area (Å²) in [4.78, 5) is 29.6. The maximum Gasteiger partial charge on any atom is 0.251 e. The number of anilines is 1. The highest BCUT2D eigenvalue weighted by molar-refractivity contribution is 9.10. The van der Waals surface area contributed by atoms with Crippen LogP contribution in [0.4, 0.5) is 5.13 Å². The van der Waals surface area contributed by atoms with Crippen LogP contribution in [0.3, 0.4) is 0 Å². The number of fused-ring (bicyclic) bond motifs is 1. The van der Waals surface area contributed by atoms with Gasteiger partial charge in [-0.1, -0.05) is 28.1 Å². The molecule has 2 heterocycles. The Morgan fingerprint density at radius 2 is 1.90 bits per heavy atom. The minimum Gasteiger partial charge on any atom is -0.454 e. The maximum absolute atomic E-state index is 12.2. The van der Waals surface area contributed by atoms with Crippen LogP contribution < -0.4 is 20.1 Å². The summed E-state index contributed by atoms with van der Waals surface area (Å²) < 4.78 is 11.5. The summed E-state index contributed by atoms with van der Waals surface area (Å²) in [5, 5.41) is 5.79. The fraction of sp³-hybridized carbons (Fsp3) is 0.150. The largest absolute Gasteiger partial charge is 0.454 e. The zero-order valence-corrected chi connectivity index (χ0v) is 17.5. The van der Waals surface area contributed by atoms with Crippen LogP contribution in [0, 0.1) is 0 Å². The summed E-state index contributed by atoms with van der Waals surface area (Å²) in [6.45, 7) is -0.0185. The van der Waals surface area contributed by atoms with E-state index in [4.69, 9.17) is 9.47 Å². The molecule has 148 valence electrons. The van der Waals surface area contributed by atoms with Crippen molar-refractivity contribution in [2.45, 2.75) is 6.42 Å². The lowest BCUT2D eigenvalue weighted by atomic mass is 10.1. The highest BCUT2D eigenvalue weighted by Crippen LogP contribution is 2.32. The third-order valence-electron chi connectivity index (χ3n) is 4.14. The van der Waals surface area contributed by atoms with Crippen molar-refractivity contribution in [2.24, 2.45) is 0 Å². The lowest BCUT2D eigenvalue weighted by molar-refractivity contribution is -0.115. The van der Waals surface area contributed by atoms with Gasteiger partial charge in [-0.3, -0.25) is 9.59 Å². The molecule has 0 saturated carbocycles. The van der Waals surface area contributed by atoms with E-state index < -0.39 is 0 Å². The molecule has 3 aromatic rings. The van der Waals surface area contributed by atoms with Gasteiger partial charge in [0.05, 0.1) is 6.54 Å². The first kappa shape index (κ1) is 19.4. The van der Waals surface area contributed by atoms with Crippen LogP contribution in [0.5, 0.6) is 11.5 Å². The number of rotatable bonds is 6. The number of benzene rings is 2. The standard InChI is InChI=1S/C20H16BrN3O4S/c21-14-4-1-12(2-5-14)7-15-9-23-20(29-15)24-18(25)10-22-19(26)13-3-6-16-17(8-13)28-11-27-16/h1-6,8-9H,7,10-11H2,(H,22,26)(H,23,24,25). The fourth-order valence-corrected chi connectivity index (χ4v) is 3.84. The van der Waals surface area contributed by atoms with Gasteiger partial charge in [0.2, 0.25) is 12.7 Å². The number of hydrogen-bond acceptors (Lipinski definition) is 6. The number of hydrogen-bond donors (Lipinski definition) is 2. The van der Waals surface area contributed by atoms with Gasteiger partial charge in [-0.05, 0) is 35.9 Å². The van der Waals surface area contributed by atoms with Gasteiger partial charge in [0.1, 0.15) is 0 Å². The van der Waals surface area contributed by atoms with Gasteiger partial charge in [-0.2, -0.15) is 0 Å². The molecule has 1 aromatic heterocycles. The molecule has 1 aliphatic heterocycles. The molecule has 0 spiro atoms. The van der Waals surface area contributed by atoms with Crippen LogP contribution in [-0.4, -0.2) is 30.1 Å². The summed E-state index contributed by atoms with van der Waals surface area (Å²) in [6.07, 6.45) is 2.48. The van der Waals surface area contributed by atoms with Gasteiger partial charge in [0.25, 0.3) is 5.91 Å². The minimum absolute atomic E-state index is 0.139. The molecule has 0 bridgehead atoms. The highest BCUT2D eigenvalue weighted by atomic mass is 79.9. The molecule has 0 aliphatic carbocycles. The van der Waals surface area contributed by atoms with Crippen LogP contribution >= 0.6 is 27.3 Å². The number of thiazole rings is 1. The Morgan fingerprint density at radius 3 is 2.72 bits per heavy atom. The number of nitrogens with zero attached hydrogens (tertiary/aromatic N) is 1. The van der Waals surface area contributed by atoms with Gasteiger partial charge in [-0.15, -0.1) is 11.3 Å². The first-order valence-electron chi connectivity index (χ1n) is 8.74. The highest BCUT2D eigenvalue weighted by Gasteiger charge is 2.17. The van der Waals surface area contributed by atoms with Gasteiger partial charge >= 0.3 is 0 Å². The molecule has 2 amide bonds. The fourth-order valence-electron chi connectivity index (χ4n) is 2.71. The van der Waals surface area contributed by atoms with Crippen LogP contribution in [0.25, 0.3) is 0 Å². The predicted octanol–water partition coefficient (Wildman–Crippen LogP) is 3.59. The van der Waals surface area contributed by atoms with Crippen LogP contribution in [-0.2, 0) is 11.2 Å². The van der Waals surface area contributed by atoms with E-state index in [1.54, 1.807) is 24.4 Å². The van der Waals surface area contributed by atoms with E-state index in [0.717, 1.165) is 21.3 Å². The summed E-state index contributed by atoms with van der Waals surface area (Å²) in [7, 11) is 0. The van der Waals surface area contributed by atoms with Crippen molar-refractivity contribution in [1.82, 2.24) is 10.3 Å². The zero-order valence-electron chi connectivity index (χ0n) is 15.1. The molecule has 0 fully saturated rings. The number of carbonyl (C=O) groups is 2. The molecule has 29 heavy (non-hydrogen) atoms. The molecular weight excluding hydrogens is 458 g/mol. The maximum atomic E-state index is 12.2. The van der Waals surface area contributed by atoms with E-state index >= 15 is 0 Å². The SMILES string of the molecule is O=C(CNC(=O)c1ccc2c(c1)OCO2)Nc1ncc(Cc2ccc(Br)cc2)s1. The molecule has 9 heteroatoms. The van der Waals surface area contributed by atoms with Crippen molar-refractivity contribution >= 4 is 44.2 Å². The minimum atomic E-state index is -0.367. The lowest BCUT2D eigenvalue weighted by Gasteiger charge is -2.06. The molecule has 0 saturated heterocycles. The quantitative estimate of drug-likeness (QED) is 0.570. The molecule has 2 N–H and O–H groups in total. The summed E-state index contributed by atoms with van der Waals surface area (Å²) >= 11 is 4.82. The summed E-state index contributed by atoms with van der Waals surface area (Å²) in [6, 6.07) is 12.9. The lowest BCUT2D eigenvalue weighted by Crippen LogP contribution is -2.32. The number of amides is 2. The zero-order chi connectivity index (χ0) is 20.2. The van der Waals surface area contributed by atoms with Crippen LogP contribution in [0.1, 0.15) is 20.8 Å². The Bertz CT molecular complexity index is 1050. The monoisotopic (exact) mass is 473 g/mol. The Morgan fingerprint density at radius 1 is 1.10 bits per heavy atom. The second-order valence-electron chi connectivity index (χ2n) is 6.23. The Balaban J connectivity index is 1.28. The first-order chi connectivity index (χ1) is 14.1. The average molecular weight is 474 g/mol. The number of ether oxygens (including phenoxy) is 2. The van der Waals surface area contributed by atoms with Crippen LogP contribution in [0.15, 0.2) is 53.1 Å². The second-order valence-corrected chi connectivity index (χ2v) is 8.26. The first-order valence-corrected chi connectivity index (χ1v) is 10.3. The number of halogens is 1. The van der Waals surface area contributed by atoms with E-state index in [9.17, 15) is 9.59 Å². The Hall–Kier alpha value is -2.91. The molecule has 1 aliphatic rings. The van der Waals surface area contributed by atoms with Gasteiger partial charge < -0.3 is 20.1 Å². The van der Waals surface area contributed by atoms with Gasteiger partial charge in [0.15, 0.2) is 16.6 Å².